The minimum Gasteiger partial charge on any atom is -0.399 e. The van der Waals surface area contributed by atoms with E-state index in [-0.39, 0.29) is 4.90 Å². The van der Waals surface area contributed by atoms with Gasteiger partial charge >= 0.3 is 0 Å². The number of carbonyl (C=O) groups excluding carboxylic acids is 1. The van der Waals surface area contributed by atoms with Gasteiger partial charge in [-0.25, -0.2) is 13.1 Å². The van der Waals surface area contributed by atoms with Gasteiger partial charge in [-0.3, -0.25) is 4.79 Å². The number of nitrogens with one attached hydrogen (secondary N) is 1. The highest BCUT2D eigenvalue weighted by Crippen LogP contribution is 2.09. The minimum atomic E-state index is -3.85. The number of carbonyl (C=O) groups is 1. The van der Waals surface area contributed by atoms with Crippen molar-refractivity contribution in [1.82, 2.24) is 4.72 Å². The number of hydrogen-bond acceptors (Lipinski definition) is 4. The maximum Gasteiger partial charge on any atom is 0.264 e. The van der Waals surface area contributed by atoms with Crippen molar-refractivity contribution in [2.75, 3.05) is 5.73 Å². The second-order valence-electron chi connectivity index (χ2n) is 4.29. The highest BCUT2D eigenvalue weighted by atomic mass is 32.2. The van der Waals surface area contributed by atoms with Crippen LogP contribution in [0.2, 0.25) is 0 Å². The van der Waals surface area contributed by atoms with Crippen LogP contribution in [0.3, 0.4) is 0 Å². The fourth-order valence-electron chi connectivity index (χ4n) is 1.66. The standard InChI is InChI=1S/C15H14N2O3S/c16-13-6-4-5-12(11-13)9-10-15(18)17-21(19,20)14-7-2-1-3-8-14/h1-11H,16H2,(H,17,18)/b10-9+. The first-order valence-electron chi connectivity index (χ1n) is 6.13. The number of hydrogen-bond donors (Lipinski definition) is 2. The summed E-state index contributed by atoms with van der Waals surface area (Å²) in [6.07, 6.45) is 2.64. The summed E-state index contributed by atoms with van der Waals surface area (Å²) in [7, 11) is -3.85. The van der Waals surface area contributed by atoms with Gasteiger partial charge in [-0.1, -0.05) is 30.3 Å². The molecule has 6 heteroatoms. The lowest BCUT2D eigenvalue weighted by Gasteiger charge is -2.04. The molecule has 0 bridgehead atoms. The first-order chi connectivity index (χ1) is 9.97. The largest absolute Gasteiger partial charge is 0.399 e. The molecule has 0 atom stereocenters. The summed E-state index contributed by atoms with van der Waals surface area (Å²) in [5, 5.41) is 0. The van der Waals surface area contributed by atoms with Crippen molar-refractivity contribution < 1.29 is 13.2 Å². The Morgan fingerprint density at radius 3 is 2.43 bits per heavy atom. The summed E-state index contributed by atoms with van der Waals surface area (Å²) in [6, 6.07) is 14.6. The average molecular weight is 302 g/mol. The molecule has 0 aromatic heterocycles. The van der Waals surface area contributed by atoms with Crippen molar-refractivity contribution in [2.45, 2.75) is 4.90 Å². The van der Waals surface area contributed by atoms with Crippen LogP contribution in [0.1, 0.15) is 5.56 Å². The molecule has 0 aliphatic carbocycles. The van der Waals surface area contributed by atoms with E-state index in [9.17, 15) is 13.2 Å². The Bertz CT molecular complexity index is 769. The van der Waals surface area contributed by atoms with Gasteiger partial charge in [0, 0.05) is 11.8 Å². The molecular weight excluding hydrogens is 288 g/mol. The monoisotopic (exact) mass is 302 g/mol. The fourth-order valence-corrected chi connectivity index (χ4v) is 2.63. The lowest BCUT2D eigenvalue weighted by Crippen LogP contribution is -2.28. The van der Waals surface area contributed by atoms with E-state index < -0.39 is 15.9 Å². The highest BCUT2D eigenvalue weighted by molar-refractivity contribution is 7.90. The molecule has 21 heavy (non-hydrogen) atoms. The van der Waals surface area contributed by atoms with Gasteiger partial charge in [0.15, 0.2) is 0 Å². The summed E-state index contributed by atoms with van der Waals surface area (Å²) in [5.74, 6) is -0.721. The van der Waals surface area contributed by atoms with E-state index >= 15 is 0 Å². The number of nitrogen functional groups attached to an aromatic ring is 1. The Morgan fingerprint density at radius 2 is 1.76 bits per heavy atom. The second kappa shape index (κ2) is 6.23. The van der Waals surface area contributed by atoms with E-state index in [2.05, 4.69) is 0 Å². The molecule has 2 rings (SSSR count). The van der Waals surface area contributed by atoms with Gasteiger partial charge in [0.1, 0.15) is 0 Å². The fraction of sp³-hybridized carbons (Fsp3) is 0. The molecule has 3 N–H and O–H groups in total. The van der Waals surface area contributed by atoms with Crippen molar-refractivity contribution in [3.05, 3.63) is 66.2 Å². The zero-order valence-electron chi connectivity index (χ0n) is 11.1. The zero-order valence-corrected chi connectivity index (χ0v) is 11.9. The molecule has 0 unspecified atom stereocenters. The highest BCUT2D eigenvalue weighted by Gasteiger charge is 2.15. The number of anilines is 1. The van der Waals surface area contributed by atoms with Crippen LogP contribution in [0, 0.1) is 0 Å². The maximum atomic E-state index is 11.9. The van der Waals surface area contributed by atoms with Crippen LogP contribution in [0.5, 0.6) is 0 Å². The molecule has 0 radical (unpaired) electrons. The van der Waals surface area contributed by atoms with Gasteiger partial charge in [-0.05, 0) is 35.9 Å². The molecule has 0 spiro atoms. The van der Waals surface area contributed by atoms with E-state index in [0.717, 1.165) is 6.08 Å². The molecule has 0 fully saturated rings. The summed E-state index contributed by atoms with van der Waals surface area (Å²) in [6.45, 7) is 0. The number of sulfonamides is 1. The molecule has 2 aromatic rings. The third-order valence-electron chi connectivity index (χ3n) is 2.63. The van der Waals surface area contributed by atoms with E-state index in [4.69, 9.17) is 5.73 Å². The van der Waals surface area contributed by atoms with E-state index in [1.165, 1.54) is 18.2 Å². The Kier molecular flexibility index (Phi) is 4.39. The topological polar surface area (TPSA) is 89.3 Å². The first kappa shape index (κ1) is 14.8. The molecule has 0 heterocycles. The smallest absolute Gasteiger partial charge is 0.264 e. The van der Waals surface area contributed by atoms with Crippen LogP contribution in [0.15, 0.2) is 65.6 Å². The molecule has 1 amide bonds. The summed E-state index contributed by atoms with van der Waals surface area (Å²) in [4.78, 5) is 11.7. The molecule has 0 aliphatic heterocycles. The molecular formula is C15H14N2O3S. The van der Waals surface area contributed by atoms with Crippen LogP contribution >= 0.6 is 0 Å². The van der Waals surface area contributed by atoms with Crippen LogP contribution in [-0.4, -0.2) is 14.3 Å². The van der Waals surface area contributed by atoms with Crippen molar-refractivity contribution in [1.29, 1.82) is 0 Å². The predicted molar refractivity (Wildman–Crippen MR) is 81.7 cm³/mol. The lowest BCUT2D eigenvalue weighted by atomic mass is 10.2. The molecule has 0 saturated heterocycles. The van der Waals surface area contributed by atoms with Gasteiger partial charge in [0.2, 0.25) is 0 Å². The first-order valence-corrected chi connectivity index (χ1v) is 7.61. The number of amides is 1. The molecule has 108 valence electrons. The Morgan fingerprint density at radius 1 is 1.05 bits per heavy atom. The quantitative estimate of drug-likeness (QED) is 0.665. The third kappa shape index (κ3) is 4.19. The van der Waals surface area contributed by atoms with Crippen molar-refractivity contribution in [2.24, 2.45) is 0 Å². The third-order valence-corrected chi connectivity index (χ3v) is 3.99. The predicted octanol–water partition coefficient (Wildman–Crippen LogP) is 1.79. The lowest BCUT2D eigenvalue weighted by molar-refractivity contribution is -0.114. The Labute approximate surface area is 123 Å². The van der Waals surface area contributed by atoms with Gasteiger partial charge in [-0.15, -0.1) is 0 Å². The number of nitrogens with two attached hydrogens (primary N) is 1. The van der Waals surface area contributed by atoms with Crippen LogP contribution < -0.4 is 10.5 Å². The van der Waals surface area contributed by atoms with Crippen LogP contribution in [0.25, 0.3) is 6.08 Å². The SMILES string of the molecule is Nc1cccc(/C=C/C(=O)NS(=O)(=O)c2ccccc2)c1. The van der Waals surface area contributed by atoms with Crippen molar-refractivity contribution in [3.8, 4) is 0 Å². The minimum absolute atomic E-state index is 0.0377. The van der Waals surface area contributed by atoms with Crippen molar-refractivity contribution >= 4 is 27.7 Å². The molecule has 0 saturated carbocycles. The summed E-state index contributed by atoms with van der Waals surface area (Å²) < 4.78 is 25.8. The van der Waals surface area contributed by atoms with E-state index in [1.807, 2.05) is 4.72 Å². The van der Waals surface area contributed by atoms with Gasteiger partial charge in [-0.2, -0.15) is 0 Å². The van der Waals surface area contributed by atoms with Crippen LogP contribution in [-0.2, 0) is 14.8 Å². The molecule has 0 aliphatic rings. The molecule has 5 nitrogen and oxygen atoms in total. The average Bonchev–Trinajstić information content (AvgIpc) is 2.46. The van der Waals surface area contributed by atoms with Gasteiger partial charge < -0.3 is 5.73 Å². The van der Waals surface area contributed by atoms with Crippen molar-refractivity contribution in [3.63, 3.8) is 0 Å². The Hall–Kier alpha value is -2.60. The second-order valence-corrected chi connectivity index (χ2v) is 5.97. The number of rotatable bonds is 4. The Balaban J connectivity index is 2.08. The summed E-state index contributed by atoms with van der Waals surface area (Å²) in [5.41, 5.74) is 6.89. The van der Waals surface area contributed by atoms with Gasteiger partial charge in [0.05, 0.1) is 4.90 Å². The summed E-state index contributed by atoms with van der Waals surface area (Å²) >= 11 is 0. The zero-order chi connectivity index (χ0) is 15.3. The number of benzene rings is 2. The normalized spacial score (nSPS) is 11.4. The molecule has 2 aromatic carbocycles. The van der Waals surface area contributed by atoms with E-state index in [1.54, 1.807) is 42.5 Å². The van der Waals surface area contributed by atoms with E-state index in [0.29, 0.717) is 11.3 Å². The van der Waals surface area contributed by atoms with Gasteiger partial charge in [0.25, 0.3) is 15.9 Å². The maximum absolute atomic E-state index is 11.9. The van der Waals surface area contributed by atoms with Crippen LogP contribution in [0.4, 0.5) is 5.69 Å².